The van der Waals surface area contributed by atoms with Crippen molar-refractivity contribution in [3.8, 4) is 0 Å². The summed E-state index contributed by atoms with van der Waals surface area (Å²) in [4.78, 5) is 16.6. The molecule has 1 aromatic heterocycles. The molecule has 0 saturated heterocycles. The molecule has 146 valence electrons. The zero-order valence-corrected chi connectivity index (χ0v) is 15.1. The first-order valence-corrected chi connectivity index (χ1v) is 8.70. The number of aryl methyl sites for hydroxylation is 1. The molecule has 0 aliphatic carbocycles. The Bertz CT molecular complexity index is 987. The molecule has 28 heavy (non-hydrogen) atoms. The quantitative estimate of drug-likeness (QED) is 0.590. The van der Waals surface area contributed by atoms with Gasteiger partial charge in [-0.05, 0) is 30.5 Å². The van der Waals surface area contributed by atoms with Gasteiger partial charge in [-0.1, -0.05) is 42.5 Å². The topological polar surface area (TPSA) is 42.0 Å². The monoisotopic (exact) mass is 390 g/mol. The van der Waals surface area contributed by atoms with E-state index in [9.17, 15) is 22.4 Å². The normalized spacial score (nSPS) is 12.8. The first-order chi connectivity index (χ1) is 13.2. The lowest BCUT2D eigenvalue weighted by atomic mass is 9.94. The number of pyridine rings is 1. The molecule has 0 spiro atoms. The molecule has 3 rings (SSSR count). The molecule has 3 nitrogen and oxygen atoms in total. The number of amides is 1. The van der Waals surface area contributed by atoms with Gasteiger partial charge in [-0.3, -0.25) is 9.78 Å². The van der Waals surface area contributed by atoms with Gasteiger partial charge < -0.3 is 5.32 Å². The Kier molecular flexibility index (Phi) is 5.63. The molecule has 0 aliphatic heterocycles. The summed E-state index contributed by atoms with van der Waals surface area (Å²) in [6.45, 7) is 1.66. The largest absolute Gasteiger partial charge is 0.389 e. The lowest BCUT2D eigenvalue weighted by molar-refractivity contribution is -0.152. The van der Waals surface area contributed by atoms with E-state index >= 15 is 0 Å². The lowest BCUT2D eigenvalue weighted by Crippen LogP contribution is -2.29. The first kappa shape index (κ1) is 19.8. The van der Waals surface area contributed by atoms with Gasteiger partial charge in [0.05, 0.1) is 24.2 Å². The Hall–Kier alpha value is -2.96. The maximum Gasteiger partial charge on any atom is 0.389 e. The summed E-state index contributed by atoms with van der Waals surface area (Å²) in [6.07, 6.45) is -4.48. The van der Waals surface area contributed by atoms with Gasteiger partial charge in [-0.15, -0.1) is 0 Å². The van der Waals surface area contributed by atoms with Crippen molar-refractivity contribution in [2.75, 3.05) is 5.32 Å². The van der Waals surface area contributed by atoms with Crippen molar-refractivity contribution in [3.05, 3.63) is 71.7 Å². The van der Waals surface area contributed by atoms with E-state index < -0.39 is 30.2 Å². The Morgan fingerprint density at radius 2 is 1.82 bits per heavy atom. The number of anilines is 1. The molecule has 2 aromatic carbocycles. The molecule has 0 aliphatic rings. The third kappa shape index (κ3) is 4.65. The van der Waals surface area contributed by atoms with Crippen LogP contribution in [-0.2, 0) is 11.2 Å². The summed E-state index contributed by atoms with van der Waals surface area (Å²) in [5.41, 5.74) is 1.60. The molecular weight excluding hydrogens is 372 g/mol. The molecule has 1 atom stereocenters. The molecule has 0 radical (unpaired) electrons. The predicted octanol–water partition coefficient (Wildman–Crippen LogP) is 5.43. The first-order valence-electron chi connectivity index (χ1n) is 8.70. The van der Waals surface area contributed by atoms with Crippen LogP contribution in [0.3, 0.4) is 0 Å². The standard InChI is InChI=1S/C21H18F4N2O/c1-13-16-8-5-9-17(22)19(16)26-12-18(13)27-20(28)15(11-21(23,24)25)10-14-6-3-2-4-7-14/h2-9,12,15H,10-11H2,1H3,(H,27,28). The maximum atomic E-state index is 13.8. The number of fused-ring (bicyclic) bond motifs is 1. The fraction of sp³-hybridized carbons (Fsp3) is 0.238. The van der Waals surface area contributed by atoms with Gasteiger partial charge in [0.15, 0.2) is 0 Å². The summed E-state index contributed by atoms with van der Waals surface area (Å²) in [5, 5.41) is 3.03. The maximum absolute atomic E-state index is 13.8. The van der Waals surface area contributed by atoms with E-state index in [-0.39, 0.29) is 17.6 Å². The number of rotatable bonds is 5. The smallest absolute Gasteiger partial charge is 0.324 e. The van der Waals surface area contributed by atoms with Crippen molar-refractivity contribution in [2.45, 2.75) is 25.9 Å². The number of hydrogen-bond donors (Lipinski definition) is 1. The number of hydrogen-bond acceptors (Lipinski definition) is 2. The van der Waals surface area contributed by atoms with Crippen LogP contribution in [0, 0.1) is 18.7 Å². The van der Waals surface area contributed by atoms with Crippen molar-refractivity contribution in [2.24, 2.45) is 5.92 Å². The second-order valence-corrected chi connectivity index (χ2v) is 6.63. The van der Waals surface area contributed by atoms with Crippen molar-refractivity contribution < 1.29 is 22.4 Å². The van der Waals surface area contributed by atoms with Gasteiger partial charge in [0.25, 0.3) is 0 Å². The average Bonchev–Trinajstić information content (AvgIpc) is 2.64. The van der Waals surface area contributed by atoms with E-state index in [1.54, 1.807) is 43.3 Å². The fourth-order valence-electron chi connectivity index (χ4n) is 3.12. The minimum absolute atomic E-state index is 0.0408. The van der Waals surface area contributed by atoms with E-state index in [1.807, 2.05) is 0 Å². The van der Waals surface area contributed by atoms with Crippen molar-refractivity contribution in [1.29, 1.82) is 0 Å². The van der Waals surface area contributed by atoms with Gasteiger partial charge in [-0.2, -0.15) is 13.2 Å². The minimum atomic E-state index is -4.48. The van der Waals surface area contributed by atoms with Crippen LogP contribution < -0.4 is 5.32 Å². The number of nitrogens with zero attached hydrogens (tertiary/aromatic N) is 1. The van der Waals surface area contributed by atoms with Crippen LogP contribution in [-0.4, -0.2) is 17.1 Å². The van der Waals surface area contributed by atoms with E-state index in [1.165, 1.54) is 18.3 Å². The van der Waals surface area contributed by atoms with Gasteiger partial charge >= 0.3 is 6.18 Å². The van der Waals surface area contributed by atoms with Crippen LogP contribution in [0.1, 0.15) is 17.5 Å². The number of nitrogens with one attached hydrogen (secondary N) is 1. The molecule has 0 bridgehead atoms. The second kappa shape index (κ2) is 7.96. The number of carbonyl (C=O) groups excluding carboxylic acids is 1. The van der Waals surface area contributed by atoms with Crippen LogP contribution in [0.15, 0.2) is 54.7 Å². The number of carbonyl (C=O) groups is 1. The molecule has 3 aromatic rings. The van der Waals surface area contributed by atoms with E-state index in [4.69, 9.17) is 0 Å². The lowest BCUT2D eigenvalue weighted by Gasteiger charge is -2.19. The second-order valence-electron chi connectivity index (χ2n) is 6.63. The highest BCUT2D eigenvalue weighted by atomic mass is 19.4. The van der Waals surface area contributed by atoms with Gasteiger partial charge in [0.1, 0.15) is 11.3 Å². The van der Waals surface area contributed by atoms with E-state index in [0.29, 0.717) is 16.5 Å². The highest BCUT2D eigenvalue weighted by Crippen LogP contribution is 2.30. The van der Waals surface area contributed by atoms with Crippen LogP contribution in [0.4, 0.5) is 23.2 Å². The Balaban J connectivity index is 1.87. The van der Waals surface area contributed by atoms with Crippen LogP contribution in [0.2, 0.25) is 0 Å². The summed E-state index contributed by atoms with van der Waals surface area (Å²) >= 11 is 0. The SMILES string of the molecule is Cc1c(NC(=O)C(Cc2ccccc2)CC(F)(F)F)cnc2c(F)cccc12. The third-order valence-electron chi connectivity index (χ3n) is 4.55. The molecule has 1 N–H and O–H groups in total. The molecular formula is C21H18F4N2O. The molecule has 0 fully saturated rings. The van der Waals surface area contributed by atoms with E-state index in [2.05, 4.69) is 10.3 Å². The molecule has 1 heterocycles. The third-order valence-corrected chi connectivity index (χ3v) is 4.55. The fourth-order valence-corrected chi connectivity index (χ4v) is 3.12. The Labute approximate surface area is 159 Å². The minimum Gasteiger partial charge on any atom is -0.324 e. The number of halogens is 4. The van der Waals surface area contributed by atoms with Crippen LogP contribution in [0.5, 0.6) is 0 Å². The van der Waals surface area contributed by atoms with Crippen molar-refractivity contribution in [3.63, 3.8) is 0 Å². The highest BCUT2D eigenvalue weighted by molar-refractivity contribution is 5.96. The molecule has 1 unspecified atom stereocenters. The molecule has 0 saturated carbocycles. The predicted molar refractivity (Wildman–Crippen MR) is 99.4 cm³/mol. The van der Waals surface area contributed by atoms with Crippen molar-refractivity contribution >= 4 is 22.5 Å². The highest BCUT2D eigenvalue weighted by Gasteiger charge is 2.35. The zero-order valence-electron chi connectivity index (χ0n) is 15.1. The Morgan fingerprint density at radius 1 is 1.11 bits per heavy atom. The Morgan fingerprint density at radius 3 is 2.50 bits per heavy atom. The number of para-hydroxylation sites is 1. The van der Waals surface area contributed by atoms with Gasteiger partial charge in [0.2, 0.25) is 5.91 Å². The molecule has 1 amide bonds. The summed E-state index contributed by atoms with van der Waals surface area (Å²) < 4.78 is 52.9. The van der Waals surface area contributed by atoms with Crippen LogP contribution >= 0.6 is 0 Å². The van der Waals surface area contributed by atoms with E-state index in [0.717, 1.165) is 0 Å². The van der Waals surface area contributed by atoms with Crippen molar-refractivity contribution in [1.82, 2.24) is 4.98 Å². The summed E-state index contributed by atoms with van der Waals surface area (Å²) in [5.74, 6) is -2.54. The number of aromatic nitrogens is 1. The zero-order chi connectivity index (χ0) is 20.3. The van der Waals surface area contributed by atoms with Gasteiger partial charge in [0, 0.05) is 5.39 Å². The van der Waals surface area contributed by atoms with Crippen LogP contribution in [0.25, 0.3) is 10.9 Å². The number of benzene rings is 2. The summed E-state index contributed by atoms with van der Waals surface area (Å²) in [6, 6.07) is 13.0. The average molecular weight is 390 g/mol. The molecule has 7 heteroatoms. The number of alkyl halides is 3. The van der Waals surface area contributed by atoms with Gasteiger partial charge in [-0.25, -0.2) is 4.39 Å². The summed E-state index contributed by atoms with van der Waals surface area (Å²) in [7, 11) is 0.